The van der Waals surface area contributed by atoms with Crippen LogP contribution in [0.1, 0.15) is 11.5 Å². The monoisotopic (exact) mass is 301 g/mol. The zero-order valence-electron chi connectivity index (χ0n) is 10.2. The molecule has 0 spiro atoms. The standard InChI is InChI=1S/C13H8ClN5S/c14-11-4-2-1-3-10(11)13-17-9(7-20-13)6-19-8-16-12(5-15)18-19/h1-4,7-8H,6H2. The normalized spacial score (nSPS) is 10.4. The lowest BCUT2D eigenvalue weighted by molar-refractivity contribution is 0.672. The van der Waals surface area contributed by atoms with Crippen LogP contribution in [0.3, 0.4) is 0 Å². The topological polar surface area (TPSA) is 67.4 Å². The van der Waals surface area contributed by atoms with Gasteiger partial charge in [0, 0.05) is 10.9 Å². The highest BCUT2D eigenvalue weighted by Crippen LogP contribution is 2.30. The summed E-state index contributed by atoms with van der Waals surface area (Å²) in [6.07, 6.45) is 1.52. The molecule has 0 saturated carbocycles. The quantitative estimate of drug-likeness (QED) is 0.746. The Balaban J connectivity index is 1.84. The summed E-state index contributed by atoms with van der Waals surface area (Å²) in [5, 5.41) is 16.2. The van der Waals surface area contributed by atoms with E-state index in [0.717, 1.165) is 16.3 Å². The maximum Gasteiger partial charge on any atom is 0.252 e. The van der Waals surface area contributed by atoms with E-state index in [4.69, 9.17) is 16.9 Å². The van der Waals surface area contributed by atoms with Crippen molar-refractivity contribution >= 4 is 22.9 Å². The summed E-state index contributed by atoms with van der Waals surface area (Å²) in [6.45, 7) is 0.482. The molecular formula is C13H8ClN5S. The molecule has 20 heavy (non-hydrogen) atoms. The Kier molecular flexibility index (Phi) is 3.46. The Morgan fingerprint density at radius 1 is 1.35 bits per heavy atom. The number of rotatable bonds is 3. The zero-order chi connectivity index (χ0) is 13.9. The van der Waals surface area contributed by atoms with Crippen LogP contribution in [0.15, 0.2) is 36.0 Å². The van der Waals surface area contributed by atoms with Crippen LogP contribution in [-0.4, -0.2) is 19.7 Å². The first kappa shape index (κ1) is 12.8. The Morgan fingerprint density at radius 3 is 2.95 bits per heavy atom. The van der Waals surface area contributed by atoms with Gasteiger partial charge in [-0.2, -0.15) is 5.26 Å². The highest BCUT2D eigenvalue weighted by Gasteiger charge is 2.09. The van der Waals surface area contributed by atoms with Crippen molar-refractivity contribution in [2.24, 2.45) is 0 Å². The van der Waals surface area contributed by atoms with Crippen LogP contribution in [0, 0.1) is 11.3 Å². The molecule has 0 amide bonds. The second kappa shape index (κ2) is 5.41. The summed E-state index contributed by atoms with van der Waals surface area (Å²) in [5.74, 6) is 0.159. The molecule has 0 unspecified atom stereocenters. The van der Waals surface area contributed by atoms with Gasteiger partial charge in [0.2, 0.25) is 0 Å². The van der Waals surface area contributed by atoms with Gasteiger partial charge in [-0.05, 0) is 6.07 Å². The van der Waals surface area contributed by atoms with E-state index in [1.807, 2.05) is 35.7 Å². The summed E-state index contributed by atoms with van der Waals surface area (Å²) >= 11 is 7.68. The first-order chi connectivity index (χ1) is 9.76. The van der Waals surface area contributed by atoms with Crippen LogP contribution in [0.2, 0.25) is 5.02 Å². The molecule has 0 aliphatic carbocycles. The lowest BCUT2D eigenvalue weighted by Crippen LogP contribution is -2.00. The molecule has 0 radical (unpaired) electrons. The van der Waals surface area contributed by atoms with Crippen molar-refractivity contribution in [3.63, 3.8) is 0 Å². The van der Waals surface area contributed by atoms with E-state index in [9.17, 15) is 0 Å². The lowest BCUT2D eigenvalue weighted by Gasteiger charge is -1.99. The summed E-state index contributed by atoms with van der Waals surface area (Å²) in [7, 11) is 0. The van der Waals surface area contributed by atoms with Gasteiger partial charge in [0.15, 0.2) is 0 Å². The average molecular weight is 302 g/mol. The molecular weight excluding hydrogens is 294 g/mol. The van der Waals surface area contributed by atoms with Crippen LogP contribution in [0.4, 0.5) is 0 Å². The third kappa shape index (κ3) is 2.54. The van der Waals surface area contributed by atoms with Crippen molar-refractivity contribution < 1.29 is 0 Å². The number of halogens is 1. The van der Waals surface area contributed by atoms with Gasteiger partial charge in [-0.15, -0.1) is 16.4 Å². The second-order valence-corrected chi connectivity index (χ2v) is 5.27. The third-order valence-corrected chi connectivity index (χ3v) is 3.87. The van der Waals surface area contributed by atoms with Gasteiger partial charge >= 0.3 is 0 Å². The molecule has 0 aliphatic rings. The molecule has 2 aromatic heterocycles. The minimum Gasteiger partial charge on any atom is -0.246 e. The van der Waals surface area contributed by atoms with Crippen molar-refractivity contribution in [2.45, 2.75) is 6.54 Å². The van der Waals surface area contributed by atoms with Gasteiger partial charge < -0.3 is 0 Å². The van der Waals surface area contributed by atoms with Crippen molar-refractivity contribution in [2.75, 3.05) is 0 Å². The van der Waals surface area contributed by atoms with Crippen molar-refractivity contribution in [3.8, 4) is 16.6 Å². The van der Waals surface area contributed by atoms with Crippen LogP contribution < -0.4 is 0 Å². The van der Waals surface area contributed by atoms with Crippen LogP contribution in [-0.2, 0) is 6.54 Å². The number of hydrogen-bond acceptors (Lipinski definition) is 5. The molecule has 3 rings (SSSR count). The van der Waals surface area contributed by atoms with Crippen molar-refractivity contribution in [1.82, 2.24) is 19.7 Å². The Bertz CT molecular complexity index is 786. The number of nitrogens with zero attached hydrogens (tertiary/aromatic N) is 5. The molecule has 5 nitrogen and oxygen atoms in total. The molecule has 0 N–H and O–H groups in total. The van der Waals surface area contributed by atoms with E-state index >= 15 is 0 Å². The van der Waals surface area contributed by atoms with E-state index in [2.05, 4.69) is 15.1 Å². The third-order valence-electron chi connectivity index (χ3n) is 2.62. The second-order valence-electron chi connectivity index (χ2n) is 4.00. The minimum atomic E-state index is 0.159. The van der Waals surface area contributed by atoms with E-state index in [-0.39, 0.29) is 5.82 Å². The number of thiazole rings is 1. The molecule has 0 atom stereocenters. The molecule has 0 aliphatic heterocycles. The molecule has 1 aromatic carbocycles. The van der Waals surface area contributed by atoms with Gasteiger partial charge in [0.1, 0.15) is 17.4 Å². The van der Waals surface area contributed by atoms with E-state index in [1.54, 1.807) is 4.68 Å². The van der Waals surface area contributed by atoms with Crippen LogP contribution in [0.25, 0.3) is 10.6 Å². The van der Waals surface area contributed by atoms with Gasteiger partial charge in [-0.25, -0.2) is 14.6 Å². The SMILES string of the molecule is N#Cc1ncn(Cc2csc(-c3ccccc3Cl)n2)n1. The fourth-order valence-electron chi connectivity index (χ4n) is 1.73. The lowest BCUT2D eigenvalue weighted by atomic mass is 10.2. The molecule has 0 fully saturated rings. The molecule has 98 valence electrons. The van der Waals surface area contributed by atoms with Crippen LogP contribution >= 0.6 is 22.9 Å². The van der Waals surface area contributed by atoms with Gasteiger partial charge in [0.05, 0.1) is 17.3 Å². The predicted molar refractivity (Wildman–Crippen MR) is 76.4 cm³/mol. The smallest absolute Gasteiger partial charge is 0.246 e. The minimum absolute atomic E-state index is 0.159. The van der Waals surface area contributed by atoms with Gasteiger partial charge in [-0.1, -0.05) is 29.8 Å². The fraction of sp³-hybridized carbons (Fsp3) is 0.0769. The molecule has 0 saturated heterocycles. The maximum atomic E-state index is 8.68. The summed E-state index contributed by atoms with van der Waals surface area (Å²) in [4.78, 5) is 8.39. The number of hydrogen-bond donors (Lipinski definition) is 0. The van der Waals surface area contributed by atoms with Crippen molar-refractivity contribution in [3.05, 3.63) is 52.5 Å². The van der Waals surface area contributed by atoms with E-state index < -0.39 is 0 Å². The zero-order valence-corrected chi connectivity index (χ0v) is 11.8. The average Bonchev–Trinajstić information content (AvgIpc) is 3.09. The summed E-state index contributed by atoms with van der Waals surface area (Å²) in [5.41, 5.74) is 1.78. The first-order valence-electron chi connectivity index (χ1n) is 5.75. The Morgan fingerprint density at radius 2 is 2.20 bits per heavy atom. The maximum absolute atomic E-state index is 8.68. The highest BCUT2D eigenvalue weighted by atomic mass is 35.5. The van der Waals surface area contributed by atoms with Gasteiger partial charge in [0.25, 0.3) is 5.82 Å². The number of benzene rings is 1. The molecule has 2 heterocycles. The largest absolute Gasteiger partial charge is 0.252 e. The summed E-state index contributed by atoms with van der Waals surface area (Å²) in [6, 6.07) is 9.49. The van der Waals surface area contributed by atoms with E-state index in [0.29, 0.717) is 11.6 Å². The Labute approximate surface area is 124 Å². The number of nitriles is 1. The van der Waals surface area contributed by atoms with Gasteiger partial charge in [-0.3, -0.25) is 0 Å². The van der Waals surface area contributed by atoms with Crippen molar-refractivity contribution in [1.29, 1.82) is 5.26 Å². The van der Waals surface area contributed by atoms with Crippen LogP contribution in [0.5, 0.6) is 0 Å². The molecule has 3 aromatic rings. The molecule has 7 heteroatoms. The predicted octanol–water partition coefficient (Wildman–Crippen LogP) is 2.97. The highest BCUT2D eigenvalue weighted by molar-refractivity contribution is 7.13. The fourth-order valence-corrected chi connectivity index (χ4v) is 2.86. The Hall–Kier alpha value is -2.23. The first-order valence-corrected chi connectivity index (χ1v) is 7.01. The van der Waals surface area contributed by atoms with E-state index in [1.165, 1.54) is 17.7 Å². The molecule has 0 bridgehead atoms. The summed E-state index contributed by atoms with van der Waals surface area (Å²) < 4.78 is 1.59. The number of aromatic nitrogens is 4.